The monoisotopic (exact) mass is 224 g/mol. The molecule has 0 radical (unpaired) electrons. The molecule has 0 amide bonds. The standard InChI is InChI=1S/C10H16N4O2/c1-2-16-10(15)4-3-5-13-9-7-12-6-8(11)14-9/h6-7H,2-5H2,1H3,(H3,11,13,14). The van der Waals surface area contributed by atoms with Crippen molar-refractivity contribution in [1.29, 1.82) is 0 Å². The van der Waals surface area contributed by atoms with E-state index in [-0.39, 0.29) is 5.97 Å². The van der Waals surface area contributed by atoms with Crippen LogP contribution >= 0.6 is 0 Å². The lowest BCUT2D eigenvalue weighted by Gasteiger charge is -2.05. The van der Waals surface area contributed by atoms with Crippen LogP contribution in [0.4, 0.5) is 11.6 Å². The van der Waals surface area contributed by atoms with Crippen molar-refractivity contribution in [3.05, 3.63) is 12.4 Å². The predicted octanol–water partition coefficient (Wildman–Crippen LogP) is 0.814. The average molecular weight is 224 g/mol. The smallest absolute Gasteiger partial charge is 0.305 e. The van der Waals surface area contributed by atoms with Crippen molar-refractivity contribution in [1.82, 2.24) is 9.97 Å². The van der Waals surface area contributed by atoms with E-state index in [0.717, 1.165) is 0 Å². The summed E-state index contributed by atoms with van der Waals surface area (Å²) in [5.41, 5.74) is 5.46. The summed E-state index contributed by atoms with van der Waals surface area (Å²) in [7, 11) is 0. The van der Waals surface area contributed by atoms with Crippen LogP contribution in [0.5, 0.6) is 0 Å². The van der Waals surface area contributed by atoms with E-state index in [1.165, 1.54) is 6.20 Å². The van der Waals surface area contributed by atoms with Crippen molar-refractivity contribution in [2.75, 3.05) is 24.2 Å². The van der Waals surface area contributed by atoms with E-state index in [1.807, 2.05) is 0 Å². The van der Waals surface area contributed by atoms with Gasteiger partial charge in [0, 0.05) is 13.0 Å². The van der Waals surface area contributed by atoms with Crippen LogP contribution in [0.25, 0.3) is 0 Å². The summed E-state index contributed by atoms with van der Waals surface area (Å²) in [6, 6.07) is 0. The van der Waals surface area contributed by atoms with Gasteiger partial charge in [-0.3, -0.25) is 9.78 Å². The summed E-state index contributed by atoms with van der Waals surface area (Å²) in [5, 5.41) is 3.02. The highest BCUT2D eigenvalue weighted by Gasteiger charge is 2.01. The van der Waals surface area contributed by atoms with Crippen LogP contribution in [-0.2, 0) is 9.53 Å². The molecule has 3 N–H and O–H groups in total. The maximum absolute atomic E-state index is 11.0. The first-order valence-electron chi connectivity index (χ1n) is 5.19. The number of nitrogens with two attached hydrogens (primary N) is 1. The van der Waals surface area contributed by atoms with E-state index in [2.05, 4.69) is 15.3 Å². The van der Waals surface area contributed by atoms with Gasteiger partial charge in [-0.25, -0.2) is 4.98 Å². The fourth-order valence-electron chi connectivity index (χ4n) is 1.15. The molecule has 0 saturated carbocycles. The van der Waals surface area contributed by atoms with Gasteiger partial charge in [-0.1, -0.05) is 0 Å². The molecule has 0 fully saturated rings. The maximum atomic E-state index is 11.0. The lowest BCUT2D eigenvalue weighted by molar-refractivity contribution is -0.143. The van der Waals surface area contributed by atoms with Gasteiger partial charge < -0.3 is 15.8 Å². The number of anilines is 2. The van der Waals surface area contributed by atoms with Crippen LogP contribution < -0.4 is 11.1 Å². The molecule has 0 atom stereocenters. The highest BCUT2D eigenvalue weighted by atomic mass is 16.5. The maximum Gasteiger partial charge on any atom is 0.305 e. The first-order chi connectivity index (χ1) is 7.72. The molecular formula is C10H16N4O2. The normalized spacial score (nSPS) is 9.81. The van der Waals surface area contributed by atoms with Gasteiger partial charge in [0.1, 0.15) is 11.6 Å². The van der Waals surface area contributed by atoms with Gasteiger partial charge >= 0.3 is 5.97 Å². The molecule has 0 bridgehead atoms. The van der Waals surface area contributed by atoms with Gasteiger partial charge in [0.25, 0.3) is 0 Å². The summed E-state index contributed by atoms with van der Waals surface area (Å²) < 4.78 is 4.80. The zero-order valence-corrected chi connectivity index (χ0v) is 9.27. The Kier molecular flexibility index (Phi) is 5.04. The van der Waals surface area contributed by atoms with Crippen molar-refractivity contribution in [3.8, 4) is 0 Å². The lowest BCUT2D eigenvalue weighted by atomic mass is 10.3. The minimum Gasteiger partial charge on any atom is -0.466 e. The fourth-order valence-corrected chi connectivity index (χ4v) is 1.15. The Morgan fingerprint density at radius 3 is 3.06 bits per heavy atom. The third kappa shape index (κ3) is 4.59. The molecule has 0 unspecified atom stereocenters. The summed E-state index contributed by atoms with van der Waals surface area (Å²) in [5.74, 6) is 0.808. The van der Waals surface area contributed by atoms with Crippen LogP contribution in [0.3, 0.4) is 0 Å². The summed E-state index contributed by atoms with van der Waals surface area (Å²) >= 11 is 0. The number of nitrogen functional groups attached to an aromatic ring is 1. The van der Waals surface area contributed by atoms with Crippen molar-refractivity contribution in [3.63, 3.8) is 0 Å². The quantitative estimate of drug-likeness (QED) is 0.549. The second-order valence-corrected chi connectivity index (χ2v) is 3.16. The summed E-state index contributed by atoms with van der Waals surface area (Å²) in [6.45, 7) is 2.85. The number of aromatic nitrogens is 2. The number of nitrogens with zero attached hydrogens (tertiary/aromatic N) is 2. The first-order valence-corrected chi connectivity index (χ1v) is 5.19. The molecule has 0 aliphatic rings. The summed E-state index contributed by atoms with van der Waals surface area (Å²) in [6.07, 6.45) is 4.15. The third-order valence-corrected chi connectivity index (χ3v) is 1.82. The summed E-state index contributed by atoms with van der Waals surface area (Å²) in [4.78, 5) is 18.9. The predicted molar refractivity (Wildman–Crippen MR) is 60.8 cm³/mol. The highest BCUT2D eigenvalue weighted by molar-refractivity contribution is 5.69. The highest BCUT2D eigenvalue weighted by Crippen LogP contribution is 2.03. The molecule has 16 heavy (non-hydrogen) atoms. The molecule has 0 aliphatic carbocycles. The van der Waals surface area contributed by atoms with E-state index < -0.39 is 0 Å². The van der Waals surface area contributed by atoms with Crippen LogP contribution in [0.15, 0.2) is 12.4 Å². The van der Waals surface area contributed by atoms with Gasteiger partial charge in [-0.05, 0) is 13.3 Å². The first kappa shape index (κ1) is 12.2. The van der Waals surface area contributed by atoms with Gasteiger partial charge in [-0.2, -0.15) is 0 Å². The molecule has 1 aromatic heterocycles. The number of carbonyl (C=O) groups excluding carboxylic acids is 1. The Bertz CT molecular complexity index is 343. The molecule has 0 aliphatic heterocycles. The molecule has 0 aromatic carbocycles. The van der Waals surface area contributed by atoms with Crippen molar-refractivity contribution in [2.24, 2.45) is 0 Å². The number of carbonyl (C=O) groups is 1. The Morgan fingerprint density at radius 2 is 2.38 bits per heavy atom. The van der Waals surface area contributed by atoms with Crippen molar-refractivity contribution >= 4 is 17.6 Å². The number of hydrogen-bond acceptors (Lipinski definition) is 6. The van der Waals surface area contributed by atoms with Crippen LogP contribution in [0.1, 0.15) is 19.8 Å². The number of rotatable bonds is 6. The average Bonchev–Trinajstić information content (AvgIpc) is 2.25. The molecule has 6 heteroatoms. The molecule has 88 valence electrons. The molecular weight excluding hydrogens is 208 g/mol. The van der Waals surface area contributed by atoms with E-state index in [0.29, 0.717) is 37.6 Å². The van der Waals surface area contributed by atoms with Gasteiger partial charge in [-0.15, -0.1) is 0 Å². The zero-order valence-electron chi connectivity index (χ0n) is 9.27. The minimum absolute atomic E-state index is 0.178. The lowest BCUT2D eigenvalue weighted by Crippen LogP contribution is -2.09. The molecule has 0 saturated heterocycles. The SMILES string of the molecule is CCOC(=O)CCCNc1cncc(N)n1. The Hall–Kier alpha value is -1.85. The largest absolute Gasteiger partial charge is 0.466 e. The molecule has 0 spiro atoms. The Balaban J connectivity index is 2.18. The second kappa shape index (κ2) is 6.60. The topological polar surface area (TPSA) is 90.1 Å². The van der Waals surface area contributed by atoms with Gasteiger partial charge in [0.05, 0.1) is 19.0 Å². The van der Waals surface area contributed by atoms with E-state index in [9.17, 15) is 4.79 Å². The van der Waals surface area contributed by atoms with Crippen LogP contribution in [0.2, 0.25) is 0 Å². The second-order valence-electron chi connectivity index (χ2n) is 3.16. The van der Waals surface area contributed by atoms with Crippen molar-refractivity contribution in [2.45, 2.75) is 19.8 Å². The zero-order chi connectivity index (χ0) is 11.8. The molecule has 1 aromatic rings. The number of nitrogens with one attached hydrogen (secondary N) is 1. The fraction of sp³-hybridized carbons (Fsp3) is 0.500. The number of ether oxygens (including phenoxy) is 1. The van der Waals surface area contributed by atoms with Crippen molar-refractivity contribution < 1.29 is 9.53 Å². The van der Waals surface area contributed by atoms with Crippen LogP contribution in [-0.4, -0.2) is 29.1 Å². The van der Waals surface area contributed by atoms with Gasteiger partial charge in [0.15, 0.2) is 0 Å². The Morgan fingerprint density at radius 1 is 1.56 bits per heavy atom. The number of hydrogen-bond donors (Lipinski definition) is 2. The molecule has 6 nitrogen and oxygen atoms in total. The van der Waals surface area contributed by atoms with Crippen LogP contribution in [0, 0.1) is 0 Å². The third-order valence-electron chi connectivity index (χ3n) is 1.82. The Labute approximate surface area is 94.2 Å². The molecule has 1 rings (SSSR count). The van der Waals surface area contributed by atoms with E-state index >= 15 is 0 Å². The van der Waals surface area contributed by atoms with E-state index in [1.54, 1.807) is 13.1 Å². The molecule has 1 heterocycles. The van der Waals surface area contributed by atoms with Gasteiger partial charge in [0.2, 0.25) is 0 Å². The number of esters is 1. The minimum atomic E-state index is -0.178. The van der Waals surface area contributed by atoms with E-state index in [4.69, 9.17) is 10.5 Å².